The van der Waals surface area contributed by atoms with Crippen molar-refractivity contribution in [1.82, 2.24) is 9.55 Å². The molecule has 122 valence electrons. The van der Waals surface area contributed by atoms with Crippen molar-refractivity contribution in [3.05, 3.63) is 83.9 Å². The molecule has 24 heavy (non-hydrogen) atoms. The normalized spacial score (nSPS) is 16.9. The number of benzene rings is 2. The first-order valence-electron chi connectivity index (χ1n) is 7.94. The predicted octanol–water partition coefficient (Wildman–Crippen LogP) is 3.97. The summed E-state index contributed by atoms with van der Waals surface area (Å²) >= 11 is 0. The van der Waals surface area contributed by atoms with Gasteiger partial charge in [-0.25, -0.2) is 13.8 Å². The Balaban J connectivity index is 1.67. The molecule has 3 aromatic rings. The number of rotatable bonds is 3. The van der Waals surface area contributed by atoms with Crippen LogP contribution in [0.25, 0.3) is 0 Å². The zero-order valence-electron chi connectivity index (χ0n) is 13.1. The van der Waals surface area contributed by atoms with E-state index in [9.17, 15) is 8.78 Å². The lowest BCUT2D eigenvalue weighted by Crippen LogP contribution is -2.36. The van der Waals surface area contributed by atoms with Crippen LogP contribution in [0, 0.1) is 11.6 Å². The molecule has 0 amide bonds. The lowest BCUT2D eigenvalue weighted by Gasteiger charge is -2.36. The van der Waals surface area contributed by atoms with Crippen LogP contribution in [0.15, 0.2) is 61.2 Å². The SMILES string of the molecule is Fc1cc(F)cc(CN2C[C@H](n3ccnc3)Cc3ccccc32)c1. The highest BCUT2D eigenvalue weighted by atomic mass is 19.1. The Morgan fingerprint density at radius 1 is 1.08 bits per heavy atom. The number of aromatic nitrogens is 2. The monoisotopic (exact) mass is 325 g/mol. The van der Waals surface area contributed by atoms with E-state index in [1.165, 1.54) is 17.7 Å². The van der Waals surface area contributed by atoms with Gasteiger partial charge in [0.25, 0.3) is 0 Å². The van der Waals surface area contributed by atoms with Gasteiger partial charge >= 0.3 is 0 Å². The van der Waals surface area contributed by atoms with Gasteiger partial charge in [-0.15, -0.1) is 0 Å². The van der Waals surface area contributed by atoms with Crippen molar-refractivity contribution < 1.29 is 8.78 Å². The van der Waals surface area contributed by atoms with Gasteiger partial charge in [-0.1, -0.05) is 18.2 Å². The van der Waals surface area contributed by atoms with Crippen LogP contribution in [0.1, 0.15) is 17.2 Å². The highest BCUT2D eigenvalue weighted by molar-refractivity contribution is 5.56. The van der Waals surface area contributed by atoms with Crippen molar-refractivity contribution in [2.45, 2.75) is 19.0 Å². The van der Waals surface area contributed by atoms with Gasteiger partial charge in [0, 0.05) is 37.2 Å². The number of halogens is 2. The maximum absolute atomic E-state index is 13.5. The average molecular weight is 325 g/mol. The number of imidazole rings is 1. The molecule has 2 aromatic carbocycles. The number of anilines is 1. The predicted molar refractivity (Wildman–Crippen MR) is 88.8 cm³/mol. The molecule has 1 aliphatic heterocycles. The molecule has 5 heteroatoms. The van der Waals surface area contributed by atoms with Gasteiger partial charge < -0.3 is 9.47 Å². The van der Waals surface area contributed by atoms with Crippen LogP contribution in [0.2, 0.25) is 0 Å². The lowest BCUT2D eigenvalue weighted by molar-refractivity contribution is 0.468. The summed E-state index contributed by atoms with van der Waals surface area (Å²) in [6.45, 7) is 1.24. The molecule has 0 radical (unpaired) electrons. The molecule has 0 spiro atoms. The molecule has 0 saturated heterocycles. The van der Waals surface area contributed by atoms with E-state index >= 15 is 0 Å². The molecule has 0 fully saturated rings. The molecule has 1 atom stereocenters. The van der Waals surface area contributed by atoms with Crippen LogP contribution in [-0.4, -0.2) is 16.1 Å². The molecular weight excluding hydrogens is 308 g/mol. The zero-order valence-corrected chi connectivity index (χ0v) is 13.1. The van der Waals surface area contributed by atoms with Crippen molar-refractivity contribution >= 4 is 5.69 Å². The first-order valence-corrected chi connectivity index (χ1v) is 7.94. The quantitative estimate of drug-likeness (QED) is 0.727. The molecule has 4 rings (SSSR count). The molecule has 0 unspecified atom stereocenters. The first kappa shape index (κ1) is 14.9. The third-order valence-corrected chi connectivity index (χ3v) is 4.46. The Bertz CT molecular complexity index is 825. The number of para-hydroxylation sites is 1. The van der Waals surface area contributed by atoms with Crippen molar-refractivity contribution in [2.24, 2.45) is 0 Å². The standard InChI is InChI=1S/C19H17F2N3/c20-16-7-14(8-17(21)10-16)11-24-12-18(23-6-5-22-13-23)9-15-3-1-2-4-19(15)24/h1-8,10,13,18H,9,11-12H2/t18-/m1/s1. The number of nitrogens with zero attached hydrogens (tertiary/aromatic N) is 3. The second kappa shape index (κ2) is 6.07. The summed E-state index contributed by atoms with van der Waals surface area (Å²) in [5.74, 6) is -1.08. The Morgan fingerprint density at radius 2 is 1.88 bits per heavy atom. The summed E-state index contributed by atoms with van der Waals surface area (Å²) < 4.78 is 29.1. The van der Waals surface area contributed by atoms with E-state index in [4.69, 9.17) is 0 Å². The Kier molecular flexibility index (Phi) is 3.76. The van der Waals surface area contributed by atoms with Gasteiger partial charge in [0.15, 0.2) is 0 Å². The Morgan fingerprint density at radius 3 is 2.62 bits per heavy atom. The summed E-state index contributed by atoms with van der Waals surface area (Å²) in [6, 6.07) is 12.1. The van der Waals surface area contributed by atoms with Crippen molar-refractivity contribution in [3.63, 3.8) is 0 Å². The number of hydrogen-bond acceptors (Lipinski definition) is 2. The van der Waals surface area contributed by atoms with E-state index in [0.717, 1.165) is 24.7 Å². The third-order valence-electron chi connectivity index (χ3n) is 4.46. The van der Waals surface area contributed by atoms with Crippen molar-refractivity contribution in [1.29, 1.82) is 0 Å². The Hall–Kier alpha value is -2.69. The molecule has 1 aromatic heterocycles. The van der Waals surface area contributed by atoms with Gasteiger partial charge in [-0.2, -0.15) is 0 Å². The molecule has 0 bridgehead atoms. The van der Waals surface area contributed by atoms with Crippen LogP contribution in [0.4, 0.5) is 14.5 Å². The fourth-order valence-electron chi connectivity index (χ4n) is 3.42. The van der Waals surface area contributed by atoms with Crippen LogP contribution < -0.4 is 4.90 Å². The summed E-state index contributed by atoms with van der Waals surface area (Å²) in [6.07, 6.45) is 6.46. The molecule has 2 heterocycles. The van der Waals surface area contributed by atoms with E-state index in [0.29, 0.717) is 12.1 Å². The number of fused-ring (bicyclic) bond motifs is 1. The van der Waals surface area contributed by atoms with Crippen LogP contribution in [-0.2, 0) is 13.0 Å². The van der Waals surface area contributed by atoms with Crippen molar-refractivity contribution in [3.8, 4) is 0 Å². The molecule has 0 aliphatic carbocycles. The highest BCUT2D eigenvalue weighted by Crippen LogP contribution is 2.33. The van der Waals surface area contributed by atoms with E-state index in [1.807, 2.05) is 24.7 Å². The first-order chi connectivity index (χ1) is 11.7. The van der Waals surface area contributed by atoms with Gasteiger partial charge in [-0.3, -0.25) is 0 Å². The minimum atomic E-state index is -0.540. The van der Waals surface area contributed by atoms with Gasteiger partial charge in [0.2, 0.25) is 0 Å². The van der Waals surface area contributed by atoms with E-state index < -0.39 is 11.6 Å². The van der Waals surface area contributed by atoms with Gasteiger partial charge in [0.1, 0.15) is 11.6 Å². The molecule has 0 N–H and O–H groups in total. The fourth-order valence-corrected chi connectivity index (χ4v) is 3.42. The van der Waals surface area contributed by atoms with Gasteiger partial charge in [0.05, 0.1) is 12.4 Å². The average Bonchev–Trinajstić information content (AvgIpc) is 3.08. The summed E-state index contributed by atoms with van der Waals surface area (Å²) in [4.78, 5) is 6.31. The topological polar surface area (TPSA) is 21.1 Å². The second-order valence-electron chi connectivity index (χ2n) is 6.15. The largest absolute Gasteiger partial charge is 0.365 e. The number of hydrogen-bond donors (Lipinski definition) is 0. The fraction of sp³-hybridized carbons (Fsp3) is 0.211. The third kappa shape index (κ3) is 2.89. The molecule has 1 aliphatic rings. The molecule has 0 saturated carbocycles. The zero-order chi connectivity index (χ0) is 16.5. The maximum atomic E-state index is 13.5. The molecular formula is C19H17F2N3. The minimum absolute atomic E-state index is 0.251. The summed E-state index contributed by atoms with van der Waals surface area (Å²) in [5.41, 5.74) is 2.99. The Labute approximate surface area is 139 Å². The van der Waals surface area contributed by atoms with E-state index in [2.05, 4.69) is 26.6 Å². The van der Waals surface area contributed by atoms with E-state index in [1.54, 1.807) is 6.20 Å². The summed E-state index contributed by atoms with van der Waals surface area (Å²) in [7, 11) is 0. The minimum Gasteiger partial charge on any atom is -0.365 e. The van der Waals surface area contributed by atoms with Crippen LogP contribution in [0.5, 0.6) is 0 Å². The summed E-state index contributed by atoms with van der Waals surface area (Å²) in [5, 5.41) is 0. The van der Waals surface area contributed by atoms with Crippen LogP contribution >= 0.6 is 0 Å². The molecule has 3 nitrogen and oxygen atoms in total. The van der Waals surface area contributed by atoms with E-state index in [-0.39, 0.29) is 6.04 Å². The lowest BCUT2D eigenvalue weighted by atomic mass is 9.97. The highest BCUT2D eigenvalue weighted by Gasteiger charge is 2.25. The van der Waals surface area contributed by atoms with Crippen LogP contribution in [0.3, 0.4) is 0 Å². The van der Waals surface area contributed by atoms with Gasteiger partial charge in [-0.05, 0) is 35.7 Å². The second-order valence-corrected chi connectivity index (χ2v) is 6.15. The smallest absolute Gasteiger partial charge is 0.126 e. The maximum Gasteiger partial charge on any atom is 0.126 e. The van der Waals surface area contributed by atoms with Crippen molar-refractivity contribution in [2.75, 3.05) is 11.4 Å².